The van der Waals surface area contributed by atoms with E-state index in [-0.39, 0.29) is 5.97 Å². The van der Waals surface area contributed by atoms with Gasteiger partial charge in [0.15, 0.2) is 0 Å². The molecule has 41 heavy (non-hydrogen) atoms. The summed E-state index contributed by atoms with van der Waals surface area (Å²) in [5.41, 5.74) is 0.358. The Kier molecular flexibility index (Phi) is 22.2. The summed E-state index contributed by atoms with van der Waals surface area (Å²) in [6.45, 7) is 11.6. The largest absolute Gasteiger partial charge is 0.493 e. The van der Waals surface area contributed by atoms with Gasteiger partial charge < -0.3 is 14.2 Å². The lowest BCUT2D eigenvalue weighted by Crippen LogP contribution is -2.22. The minimum absolute atomic E-state index is 0.348. The molecule has 1 aromatic carbocycles. The Hall–Kier alpha value is -1.97. The van der Waals surface area contributed by atoms with Crippen molar-refractivity contribution in [1.29, 1.82) is 0 Å². The molecule has 0 aliphatic heterocycles. The molecule has 0 heterocycles. The lowest BCUT2D eigenvalue weighted by Gasteiger charge is -2.18. The number of ether oxygens (including phenoxy) is 3. The Morgan fingerprint density at radius 2 is 1.07 bits per heavy atom. The van der Waals surface area contributed by atoms with Crippen LogP contribution in [-0.4, -0.2) is 24.8 Å². The zero-order valence-electron chi connectivity index (χ0n) is 27.6. The first-order valence-corrected chi connectivity index (χ1v) is 17.2. The molecule has 236 valence electrons. The van der Waals surface area contributed by atoms with Gasteiger partial charge in [-0.1, -0.05) is 129 Å². The average molecular weight is 573 g/mol. The predicted molar refractivity (Wildman–Crippen MR) is 176 cm³/mol. The molecule has 0 spiro atoms. The van der Waals surface area contributed by atoms with Gasteiger partial charge >= 0.3 is 5.97 Å². The lowest BCUT2D eigenvalue weighted by molar-refractivity contribution is -0.148. The molecule has 0 atom stereocenters. The van der Waals surface area contributed by atoms with E-state index >= 15 is 0 Å². The quantitative estimate of drug-likeness (QED) is 0.0629. The van der Waals surface area contributed by atoms with Gasteiger partial charge in [0, 0.05) is 17.7 Å². The molecule has 0 bridgehead atoms. The minimum atomic E-state index is -0.511. The average Bonchev–Trinajstić information content (AvgIpc) is 2.93. The molecular weight excluding hydrogens is 508 g/mol. The van der Waals surface area contributed by atoms with Crippen molar-refractivity contribution in [2.45, 2.75) is 169 Å². The van der Waals surface area contributed by atoms with Crippen molar-refractivity contribution in [3.8, 4) is 11.5 Å². The van der Waals surface area contributed by atoms with E-state index < -0.39 is 5.60 Å². The summed E-state index contributed by atoms with van der Waals surface area (Å²) < 4.78 is 17.7. The van der Waals surface area contributed by atoms with Crippen molar-refractivity contribution in [3.63, 3.8) is 0 Å². The predicted octanol–water partition coefficient (Wildman–Crippen LogP) is 11.6. The number of hydrogen-bond acceptors (Lipinski definition) is 4. The third-order valence-electron chi connectivity index (χ3n) is 7.31. The van der Waals surface area contributed by atoms with E-state index in [4.69, 9.17) is 14.2 Å². The topological polar surface area (TPSA) is 44.8 Å². The van der Waals surface area contributed by atoms with Gasteiger partial charge in [0.25, 0.3) is 0 Å². The lowest BCUT2D eigenvalue weighted by atomic mass is 10.1. The molecule has 0 amide bonds. The van der Waals surface area contributed by atoms with Gasteiger partial charge in [-0.05, 0) is 51.8 Å². The Bertz CT molecular complexity index is 793. The fourth-order valence-corrected chi connectivity index (χ4v) is 4.91. The van der Waals surface area contributed by atoms with E-state index in [2.05, 4.69) is 13.8 Å². The smallest absolute Gasteiger partial charge is 0.331 e. The van der Waals surface area contributed by atoms with Gasteiger partial charge in [-0.3, -0.25) is 0 Å². The summed E-state index contributed by atoms with van der Waals surface area (Å²) >= 11 is 0. The van der Waals surface area contributed by atoms with Gasteiger partial charge in [0.05, 0.1) is 13.2 Å². The number of carbonyl (C=O) groups is 1. The van der Waals surface area contributed by atoms with Gasteiger partial charge in [-0.25, -0.2) is 4.79 Å². The number of unbranched alkanes of at least 4 members (excludes halogenated alkanes) is 18. The molecule has 0 saturated carbocycles. The summed E-state index contributed by atoms with van der Waals surface area (Å²) in [5.74, 6) is 1.24. The Morgan fingerprint density at radius 1 is 0.634 bits per heavy atom. The van der Waals surface area contributed by atoms with E-state index in [1.54, 1.807) is 6.08 Å². The van der Waals surface area contributed by atoms with E-state index in [9.17, 15) is 4.79 Å². The first kappa shape index (κ1) is 37.1. The van der Waals surface area contributed by atoms with Crippen LogP contribution in [0.2, 0.25) is 0 Å². The van der Waals surface area contributed by atoms with Crippen LogP contribution in [0.3, 0.4) is 0 Å². The molecule has 4 heteroatoms. The van der Waals surface area contributed by atoms with Crippen molar-refractivity contribution in [1.82, 2.24) is 0 Å². The van der Waals surface area contributed by atoms with Crippen molar-refractivity contribution in [2.75, 3.05) is 13.2 Å². The number of carbonyl (C=O) groups excluding carboxylic acids is 1. The second kappa shape index (κ2) is 24.6. The SMILES string of the molecule is CCCCCCCCCCCCOc1ccc(C=CC(=O)OC(C)(C)C)c(OCCCCCCCCCCCC)c1. The molecular formula is C37H64O4. The van der Waals surface area contributed by atoms with Gasteiger partial charge in [0.2, 0.25) is 0 Å². The number of hydrogen-bond donors (Lipinski definition) is 0. The van der Waals surface area contributed by atoms with Crippen LogP contribution in [0.4, 0.5) is 0 Å². The fraction of sp³-hybridized carbons (Fsp3) is 0.757. The number of esters is 1. The van der Waals surface area contributed by atoms with Crippen molar-refractivity contribution < 1.29 is 19.0 Å². The molecule has 0 aliphatic rings. The highest BCUT2D eigenvalue weighted by Crippen LogP contribution is 2.27. The Labute approximate surface area is 254 Å². The zero-order chi connectivity index (χ0) is 30.0. The van der Waals surface area contributed by atoms with Gasteiger partial charge in [-0.2, -0.15) is 0 Å². The van der Waals surface area contributed by atoms with Crippen LogP contribution >= 0.6 is 0 Å². The highest BCUT2D eigenvalue weighted by Gasteiger charge is 2.14. The van der Waals surface area contributed by atoms with Gasteiger partial charge in [-0.15, -0.1) is 0 Å². The van der Waals surface area contributed by atoms with E-state index in [0.29, 0.717) is 6.61 Å². The van der Waals surface area contributed by atoms with Crippen LogP contribution in [0.15, 0.2) is 24.3 Å². The van der Waals surface area contributed by atoms with Gasteiger partial charge in [0.1, 0.15) is 17.1 Å². The maximum Gasteiger partial charge on any atom is 0.331 e. The maximum absolute atomic E-state index is 12.2. The molecule has 0 unspecified atom stereocenters. The van der Waals surface area contributed by atoms with Crippen molar-refractivity contribution in [2.24, 2.45) is 0 Å². The molecule has 0 aliphatic carbocycles. The summed E-state index contributed by atoms with van der Waals surface area (Å²) in [5, 5.41) is 0. The number of rotatable bonds is 26. The summed E-state index contributed by atoms with van der Waals surface area (Å²) in [4.78, 5) is 12.2. The second-order valence-corrected chi connectivity index (χ2v) is 12.6. The summed E-state index contributed by atoms with van der Waals surface area (Å²) in [6, 6.07) is 5.92. The van der Waals surface area contributed by atoms with Crippen molar-refractivity contribution >= 4 is 12.0 Å². The molecule has 0 saturated heterocycles. The van der Waals surface area contributed by atoms with Crippen LogP contribution in [0.5, 0.6) is 11.5 Å². The fourth-order valence-electron chi connectivity index (χ4n) is 4.91. The third kappa shape index (κ3) is 22.3. The molecule has 4 nitrogen and oxygen atoms in total. The summed E-state index contributed by atoms with van der Waals surface area (Å²) in [6.07, 6.45) is 29.4. The summed E-state index contributed by atoms with van der Waals surface area (Å²) in [7, 11) is 0. The zero-order valence-corrected chi connectivity index (χ0v) is 27.6. The van der Waals surface area contributed by atoms with E-state index in [1.807, 2.05) is 39.0 Å². The van der Waals surface area contributed by atoms with Crippen molar-refractivity contribution in [3.05, 3.63) is 29.8 Å². The molecule has 0 N–H and O–H groups in total. The molecule has 1 rings (SSSR count). The highest BCUT2D eigenvalue weighted by molar-refractivity contribution is 5.88. The first-order chi connectivity index (χ1) is 19.9. The normalized spacial score (nSPS) is 11.7. The van der Waals surface area contributed by atoms with Crippen LogP contribution in [0, 0.1) is 0 Å². The van der Waals surface area contributed by atoms with Crippen LogP contribution < -0.4 is 9.47 Å². The second-order valence-electron chi connectivity index (χ2n) is 12.6. The van der Waals surface area contributed by atoms with Crippen LogP contribution in [-0.2, 0) is 9.53 Å². The standard InChI is InChI=1S/C37H64O4/c1-6-8-10-12-14-16-18-20-22-24-30-39-34-28-26-33(27-29-36(38)41-37(3,4)5)35(32-34)40-31-25-23-21-19-17-15-13-11-9-7-2/h26-29,32H,6-25,30-31H2,1-5H3. The van der Waals surface area contributed by atoms with Crippen LogP contribution in [0.1, 0.15) is 169 Å². The molecule has 0 aromatic heterocycles. The third-order valence-corrected chi connectivity index (χ3v) is 7.31. The molecule has 1 aromatic rings. The number of benzene rings is 1. The van der Waals surface area contributed by atoms with E-state index in [0.717, 1.165) is 36.5 Å². The monoisotopic (exact) mass is 572 g/mol. The Morgan fingerprint density at radius 3 is 1.54 bits per heavy atom. The minimum Gasteiger partial charge on any atom is -0.493 e. The van der Waals surface area contributed by atoms with E-state index in [1.165, 1.54) is 122 Å². The molecule has 0 radical (unpaired) electrons. The van der Waals surface area contributed by atoms with Crippen LogP contribution in [0.25, 0.3) is 6.08 Å². The first-order valence-electron chi connectivity index (χ1n) is 17.2. The highest BCUT2D eigenvalue weighted by atomic mass is 16.6. The molecule has 0 fully saturated rings. The maximum atomic E-state index is 12.2. The Balaban J connectivity index is 2.47.